The quantitative estimate of drug-likeness (QED) is 0.578. The van der Waals surface area contributed by atoms with Crippen molar-refractivity contribution in [1.82, 2.24) is 20.0 Å². The van der Waals surface area contributed by atoms with Gasteiger partial charge in [0.05, 0.1) is 0 Å². The highest BCUT2D eigenvalue weighted by atomic mass is 19.1. The van der Waals surface area contributed by atoms with Crippen LogP contribution in [-0.4, -0.2) is 72.1 Å². The zero-order valence-corrected chi connectivity index (χ0v) is 21.2. The van der Waals surface area contributed by atoms with Gasteiger partial charge in [-0.05, 0) is 55.2 Å². The normalized spacial score (nSPS) is 17.0. The Bertz CT molecular complexity index is 1000. The molecule has 2 N–H and O–H groups in total. The van der Waals surface area contributed by atoms with Crippen molar-refractivity contribution in [3.8, 4) is 0 Å². The fraction of sp³-hybridized carbons (Fsp3) is 0.500. The second kappa shape index (κ2) is 12.7. The zero-order chi connectivity index (χ0) is 25.3. The van der Waals surface area contributed by atoms with Crippen molar-refractivity contribution in [1.29, 1.82) is 0 Å². The summed E-state index contributed by atoms with van der Waals surface area (Å²) in [6.07, 6.45) is 5.61. The van der Waals surface area contributed by atoms with Crippen LogP contribution in [0.1, 0.15) is 43.2 Å². The molecule has 4 rings (SSSR count). The number of hydrogen-bond donors (Lipinski definition) is 2. The molecule has 2 aromatic carbocycles. The largest absolute Gasteiger partial charge is 0.335 e. The van der Waals surface area contributed by atoms with Crippen molar-refractivity contribution < 1.29 is 14.0 Å². The van der Waals surface area contributed by atoms with Crippen LogP contribution in [0, 0.1) is 12.7 Å². The third kappa shape index (κ3) is 7.68. The molecule has 194 valence electrons. The number of nitrogens with zero attached hydrogens (tertiary/aromatic N) is 3. The van der Waals surface area contributed by atoms with Crippen LogP contribution in [0.3, 0.4) is 0 Å². The van der Waals surface area contributed by atoms with Gasteiger partial charge in [-0.25, -0.2) is 14.0 Å². The number of halogens is 1. The Morgan fingerprint density at radius 2 is 1.72 bits per heavy atom. The predicted molar refractivity (Wildman–Crippen MR) is 140 cm³/mol. The monoisotopic (exact) mass is 495 g/mol. The lowest BCUT2D eigenvalue weighted by Gasteiger charge is -2.36. The van der Waals surface area contributed by atoms with E-state index in [1.165, 1.54) is 18.6 Å². The van der Waals surface area contributed by atoms with E-state index >= 15 is 0 Å². The summed E-state index contributed by atoms with van der Waals surface area (Å²) < 4.78 is 13.4. The second-order valence-corrected chi connectivity index (χ2v) is 9.96. The van der Waals surface area contributed by atoms with Gasteiger partial charge in [0.2, 0.25) is 0 Å². The fourth-order valence-corrected chi connectivity index (χ4v) is 4.94. The summed E-state index contributed by atoms with van der Waals surface area (Å²) in [5.41, 5.74) is 2.83. The first-order valence-electron chi connectivity index (χ1n) is 13.1. The van der Waals surface area contributed by atoms with Crippen LogP contribution in [0.5, 0.6) is 0 Å². The van der Waals surface area contributed by atoms with Gasteiger partial charge in [0, 0.05) is 57.5 Å². The van der Waals surface area contributed by atoms with E-state index < -0.39 is 0 Å². The van der Waals surface area contributed by atoms with E-state index in [-0.39, 0.29) is 23.9 Å². The van der Waals surface area contributed by atoms with Crippen LogP contribution < -0.4 is 10.6 Å². The van der Waals surface area contributed by atoms with Crippen LogP contribution in [-0.2, 0) is 6.54 Å². The third-order valence-electron chi connectivity index (χ3n) is 7.12. The summed E-state index contributed by atoms with van der Waals surface area (Å²) in [4.78, 5) is 31.8. The number of carbonyl (C=O) groups is 2. The summed E-state index contributed by atoms with van der Waals surface area (Å²) in [5.74, 6) is -0.277. The Morgan fingerprint density at radius 1 is 1.00 bits per heavy atom. The van der Waals surface area contributed by atoms with E-state index in [9.17, 15) is 14.0 Å². The summed E-state index contributed by atoms with van der Waals surface area (Å²) in [6, 6.07) is 14.3. The summed E-state index contributed by atoms with van der Waals surface area (Å²) in [5, 5.41) is 6.20. The maximum absolute atomic E-state index is 13.4. The molecule has 2 aliphatic rings. The minimum absolute atomic E-state index is 0.0533. The fourth-order valence-electron chi connectivity index (χ4n) is 4.94. The molecule has 4 amide bonds. The molecule has 0 atom stereocenters. The minimum atomic E-state index is -0.277. The van der Waals surface area contributed by atoms with Gasteiger partial charge in [-0.1, -0.05) is 43.5 Å². The molecule has 2 aromatic rings. The Labute approximate surface area is 213 Å². The molecule has 1 aliphatic carbocycles. The molecule has 1 heterocycles. The van der Waals surface area contributed by atoms with Gasteiger partial charge in [-0.2, -0.15) is 0 Å². The van der Waals surface area contributed by atoms with Crippen molar-refractivity contribution in [2.45, 2.75) is 51.6 Å². The van der Waals surface area contributed by atoms with Gasteiger partial charge in [0.15, 0.2) is 0 Å². The molecule has 0 radical (unpaired) electrons. The number of piperazine rings is 1. The van der Waals surface area contributed by atoms with Crippen molar-refractivity contribution in [2.24, 2.45) is 0 Å². The van der Waals surface area contributed by atoms with E-state index in [0.717, 1.165) is 62.1 Å². The number of hydrogen-bond acceptors (Lipinski definition) is 3. The van der Waals surface area contributed by atoms with Gasteiger partial charge in [-0.15, -0.1) is 0 Å². The van der Waals surface area contributed by atoms with E-state index in [0.29, 0.717) is 26.2 Å². The van der Waals surface area contributed by atoms with Gasteiger partial charge in [0.25, 0.3) is 0 Å². The average Bonchev–Trinajstić information content (AvgIpc) is 2.88. The van der Waals surface area contributed by atoms with Crippen LogP contribution in [0.15, 0.2) is 48.5 Å². The highest BCUT2D eigenvalue weighted by Gasteiger charge is 2.24. The highest BCUT2D eigenvalue weighted by Crippen LogP contribution is 2.18. The van der Waals surface area contributed by atoms with Crippen molar-refractivity contribution in [3.63, 3.8) is 0 Å². The first kappa shape index (κ1) is 25.9. The van der Waals surface area contributed by atoms with E-state index in [4.69, 9.17) is 0 Å². The van der Waals surface area contributed by atoms with Gasteiger partial charge >= 0.3 is 12.1 Å². The SMILES string of the molecule is Cc1cccc(NC(=O)N2CCN(CCN(Cc3ccc(F)cc3)C(=O)NC3CCCCC3)CC2)c1. The van der Waals surface area contributed by atoms with Crippen LogP contribution in [0.25, 0.3) is 0 Å². The highest BCUT2D eigenvalue weighted by molar-refractivity contribution is 5.89. The molecule has 1 aliphatic heterocycles. The van der Waals surface area contributed by atoms with Crippen LogP contribution >= 0.6 is 0 Å². The van der Waals surface area contributed by atoms with E-state index in [1.54, 1.807) is 12.1 Å². The van der Waals surface area contributed by atoms with Crippen molar-refractivity contribution in [3.05, 3.63) is 65.5 Å². The maximum atomic E-state index is 13.4. The maximum Gasteiger partial charge on any atom is 0.321 e. The Kier molecular flexibility index (Phi) is 9.17. The third-order valence-corrected chi connectivity index (χ3v) is 7.12. The molecule has 1 saturated carbocycles. The Hall–Kier alpha value is -3.13. The summed E-state index contributed by atoms with van der Waals surface area (Å²) >= 11 is 0. The lowest BCUT2D eigenvalue weighted by atomic mass is 9.96. The first-order valence-corrected chi connectivity index (χ1v) is 13.1. The number of aryl methyl sites for hydroxylation is 1. The molecule has 8 heteroatoms. The number of urea groups is 2. The van der Waals surface area contributed by atoms with Gasteiger partial charge in [0.1, 0.15) is 5.82 Å². The predicted octanol–water partition coefficient (Wildman–Crippen LogP) is 4.83. The molecule has 0 spiro atoms. The molecular weight excluding hydrogens is 457 g/mol. The Morgan fingerprint density at radius 3 is 2.42 bits per heavy atom. The molecule has 1 saturated heterocycles. The number of carbonyl (C=O) groups excluding carboxylic acids is 2. The standard InChI is InChI=1S/C28H38FN5O2/c1-22-6-5-9-26(20-22)31-27(35)33-17-14-32(15-18-33)16-19-34(21-23-10-12-24(29)13-11-23)28(36)30-25-7-3-2-4-8-25/h5-6,9-13,20,25H,2-4,7-8,14-19,21H2,1H3,(H,30,36)(H,31,35). The lowest BCUT2D eigenvalue weighted by Crippen LogP contribution is -2.52. The number of benzene rings is 2. The molecule has 0 aromatic heterocycles. The molecule has 0 bridgehead atoms. The summed E-state index contributed by atoms with van der Waals surface area (Å²) in [7, 11) is 0. The number of anilines is 1. The number of amides is 4. The van der Waals surface area contributed by atoms with E-state index in [2.05, 4.69) is 15.5 Å². The van der Waals surface area contributed by atoms with Crippen LogP contribution in [0.4, 0.5) is 19.7 Å². The van der Waals surface area contributed by atoms with Gasteiger partial charge < -0.3 is 20.4 Å². The Balaban J connectivity index is 1.28. The minimum Gasteiger partial charge on any atom is -0.335 e. The molecule has 2 fully saturated rings. The molecule has 0 unspecified atom stereocenters. The molecule has 7 nitrogen and oxygen atoms in total. The van der Waals surface area contributed by atoms with Crippen molar-refractivity contribution in [2.75, 3.05) is 44.6 Å². The second-order valence-electron chi connectivity index (χ2n) is 9.96. The number of rotatable bonds is 7. The average molecular weight is 496 g/mol. The smallest absolute Gasteiger partial charge is 0.321 e. The summed E-state index contributed by atoms with van der Waals surface area (Å²) in [6.45, 7) is 6.55. The number of nitrogens with one attached hydrogen (secondary N) is 2. The molecular formula is C28H38FN5O2. The zero-order valence-electron chi connectivity index (χ0n) is 21.2. The molecule has 36 heavy (non-hydrogen) atoms. The van der Waals surface area contributed by atoms with Crippen molar-refractivity contribution >= 4 is 17.7 Å². The van der Waals surface area contributed by atoms with Gasteiger partial charge in [-0.3, -0.25) is 4.90 Å². The first-order chi connectivity index (χ1) is 17.5. The lowest BCUT2D eigenvalue weighted by molar-refractivity contribution is 0.133. The topological polar surface area (TPSA) is 67.9 Å². The van der Waals surface area contributed by atoms with E-state index in [1.807, 2.05) is 41.0 Å². The van der Waals surface area contributed by atoms with Crippen LogP contribution in [0.2, 0.25) is 0 Å².